The minimum atomic E-state index is -0.907. The molecule has 0 bridgehead atoms. The number of carbonyl (C=O) groups is 2. The number of nitrogens with one attached hydrogen (secondary N) is 2. The van der Waals surface area contributed by atoms with E-state index in [0.29, 0.717) is 10.9 Å². The lowest BCUT2D eigenvalue weighted by Crippen LogP contribution is -2.51. The predicted octanol–water partition coefficient (Wildman–Crippen LogP) is 2.27. The number of hydrazine groups is 1. The van der Waals surface area contributed by atoms with Crippen LogP contribution in [0, 0.1) is 18.3 Å². The van der Waals surface area contributed by atoms with Crippen LogP contribution in [0.25, 0.3) is 0 Å². The van der Waals surface area contributed by atoms with Gasteiger partial charge in [-0.2, -0.15) is 0 Å². The van der Waals surface area contributed by atoms with Gasteiger partial charge in [0.25, 0.3) is 5.91 Å². The maximum atomic E-state index is 12.5. The van der Waals surface area contributed by atoms with Gasteiger partial charge in [-0.1, -0.05) is 13.8 Å². The molecule has 1 unspecified atom stereocenters. The highest BCUT2D eigenvalue weighted by Crippen LogP contribution is 2.39. The molecule has 0 saturated heterocycles. The van der Waals surface area contributed by atoms with Gasteiger partial charge in [0, 0.05) is 6.20 Å². The summed E-state index contributed by atoms with van der Waals surface area (Å²) in [5.41, 5.74) is 6.53. The van der Waals surface area contributed by atoms with Crippen LogP contribution in [-0.4, -0.2) is 33.6 Å². The van der Waals surface area contributed by atoms with Crippen LogP contribution in [0.2, 0.25) is 0 Å². The minimum absolute atomic E-state index is 0.0690. The standard InChI is InChI=1S/C17H26N4O3/c1-12-6-9-18-14(10-12)19-20-16(23)15(21(24)11-22)13-4-7-17(2,3)8-5-13/h6,9-11,13,15,24H,4-5,7-8H2,1-3H3,(H,18,19)(H,20,23). The number of carbonyl (C=O) groups excluding carboxylic acids is 2. The lowest BCUT2D eigenvalue weighted by atomic mass is 9.71. The molecule has 3 N–H and O–H groups in total. The molecule has 1 aromatic heterocycles. The zero-order chi connectivity index (χ0) is 17.7. The highest BCUT2D eigenvalue weighted by atomic mass is 16.5. The fourth-order valence-electron chi connectivity index (χ4n) is 3.16. The summed E-state index contributed by atoms with van der Waals surface area (Å²) < 4.78 is 0. The van der Waals surface area contributed by atoms with E-state index < -0.39 is 11.9 Å². The van der Waals surface area contributed by atoms with E-state index in [2.05, 4.69) is 29.7 Å². The zero-order valence-corrected chi connectivity index (χ0v) is 14.5. The molecule has 1 atom stereocenters. The van der Waals surface area contributed by atoms with Gasteiger partial charge in [0.15, 0.2) is 0 Å². The monoisotopic (exact) mass is 334 g/mol. The van der Waals surface area contributed by atoms with Gasteiger partial charge < -0.3 is 0 Å². The molecule has 1 fully saturated rings. The number of hydrogen-bond acceptors (Lipinski definition) is 5. The second-order valence-corrected chi connectivity index (χ2v) is 7.26. The molecule has 1 aliphatic rings. The third kappa shape index (κ3) is 4.67. The Bertz CT molecular complexity index is 581. The van der Waals surface area contributed by atoms with Crippen LogP contribution in [0.15, 0.2) is 18.3 Å². The third-order valence-corrected chi connectivity index (χ3v) is 4.72. The van der Waals surface area contributed by atoms with Crippen molar-refractivity contribution in [1.29, 1.82) is 0 Å². The fourth-order valence-corrected chi connectivity index (χ4v) is 3.16. The van der Waals surface area contributed by atoms with E-state index in [4.69, 9.17) is 0 Å². The van der Waals surface area contributed by atoms with Gasteiger partial charge in [-0.15, -0.1) is 0 Å². The van der Waals surface area contributed by atoms with Gasteiger partial charge in [-0.3, -0.25) is 25.6 Å². The predicted molar refractivity (Wildman–Crippen MR) is 90.0 cm³/mol. The van der Waals surface area contributed by atoms with Crippen LogP contribution < -0.4 is 10.9 Å². The number of hydroxylamine groups is 2. The summed E-state index contributed by atoms with van der Waals surface area (Å²) in [7, 11) is 0. The van der Waals surface area contributed by atoms with Crippen LogP contribution in [0.5, 0.6) is 0 Å². The molecule has 1 aromatic rings. The van der Waals surface area contributed by atoms with Crippen molar-refractivity contribution in [2.45, 2.75) is 52.5 Å². The van der Waals surface area contributed by atoms with E-state index >= 15 is 0 Å². The number of aryl methyl sites for hydroxylation is 1. The number of pyridine rings is 1. The molecule has 0 radical (unpaired) electrons. The molecular weight excluding hydrogens is 308 g/mol. The van der Waals surface area contributed by atoms with E-state index in [1.807, 2.05) is 13.0 Å². The summed E-state index contributed by atoms with van der Waals surface area (Å²) in [5, 5.41) is 10.3. The first-order valence-corrected chi connectivity index (χ1v) is 8.23. The van der Waals surface area contributed by atoms with Crippen LogP contribution in [0.4, 0.5) is 5.82 Å². The van der Waals surface area contributed by atoms with Crippen molar-refractivity contribution in [3.63, 3.8) is 0 Å². The molecular formula is C17H26N4O3. The Morgan fingerprint density at radius 2 is 2.12 bits per heavy atom. The number of aromatic nitrogens is 1. The molecule has 1 heterocycles. The smallest absolute Gasteiger partial charge is 0.264 e. The molecule has 0 spiro atoms. The number of nitrogens with zero attached hydrogens (tertiary/aromatic N) is 2. The van der Waals surface area contributed by atoms with Gasteiger partial charge in [0.1, 0.15) is 11.9 Å². The average molecular weight is 334 g/mol. The molecule has 0 aliphatic heterocycles. The van der Waals surface area contributed by atoms with Crippen molar-refractivity contribution in [1.82, 2.24) is 15.5 Å². The SMILES string of the molecule is Cc1ccnc(NNC(=O)C(C2CCC(C)(C)CC2)N(O)C=O)c1. The Morgan fingerprint density at radius 3 is 2.71 bits per heavy atom. The van der Waals surface area contributed by atoms with Crippen LogP contribution in [0.3, 0.4) is 0 Å². The number of hydrogen-bond donors (Lipinski definition) is 3. The molecule has 1 saturated carbocycles. The Labute approximate surface area is 142 Å². The summed E-state index contributed by atoms with van der Waals surface area (Å²) in [6.07, 6.45) is 5.42. The normalized spacial score (nSPS) is 18.5. The largest absolute Gasteiger partial charge is 0.285 e. The van der Waals surface area contributed by atoms with Gasteiger partial charge in [0.2, 0.25) is 6.41 Å². The van der Waals surface area contributed by atoms with E-state index in [9.17, 15) is 14.8 Å². The summed E-state index contributed by atoms with van der Waals surface area (Å²) in [6, 6.07) is 2.73. The first-order valence-electron chi connectivity index (χ1n) is 8.23. The van der Waals surface area contributed by atoms with E-state index in [-0.39, 0.29) is 17.7 Å². The first kappa shape index (κ1) is 18.2. The van der Waals surface area contributed by atoms with E-state index in [1.165, 1.54) is 0 Å². The molecule has 7 heteroatoms. The Morgan fingerprint density at radius 1 is 1.46 bits per heavy atom. The van der Waals surface area contributed by atoms with Crippen LogP contribution in [0.1, 0.15) is 45.1 Å². The van der Waals surface area contributed by atoms with Crippen molar-refractivity contribution in [3.8, 4) is 0 Å². The summed E-state index contributed by atoms with van der Waals surface area (Å²) in [6.45, 7) is 6.31. The number of anilines is 1. The maximum absolute atomic E-state index is 12.5. The Kier molecular flexibility index (Phi) is 5.77. The van der Waals surface area contributed by atoms with Gasteiger partial charge >= 0.3 is 0 Å². The molecule has 2 rings (SSSR count). The summed E-state index contributed by atoms with van der Waals surface area (Å²) >= 11 is 0. The van der Waals surface area contributed by atoms with Gasteiger partial charge in [0.05, 0.1) is 0 Å². The topological polar surface area (TPSA) is 94.6 Å². The van der Waals surface area contributed by atoms with Crippen molar-refractivity contribution >= 4 is 18.1 Å². The Hall–Kier alpha value is -2.15. The fraction of sp³-hybridized carbons (Fsp3) is 0.588. The molecule has 132 valence electrons. The lowest BCUT2D eigenvalue weighted by molar-refractivity contribution is -0.174. The van der Waals surface area contributed by atoms with Gasteiger partial charge in [-0.05, 0) is 61.6 Å². The lowest BCUT2D eigenvalue weighted by Gasteiger charge is -2.38. The second-order valence-electron chi connectivity index (χ2n) is 7.26. The maximum Gasteiger partial charge on any atom is 0.264 e. The Balaban J connectivity index is 2.02. The van der Waals surface area contributed by atoms with Crippen molar-refractivity contribution in [2.24, 2.45) is 11.3 Å². The van der Waals surface area contributed by atoms with Crippen LogP contribution >= 0.6 is 0 Å². The minimum Gasteiger partial charge on any atom is -0.285 e. The van der Waals surface area contributed by atoms with Gasteiger partial charge in [-0.25, -0.2) is 10.0 Å². The molecule has 2 amide bonds. The highest BCUT2D eigenvalue weighted by Gasteiger charge is 2.37. The molecule has 0 aromatic carbocycles. The summed E-state index contributed by atoms with van der Waals surface area (Å²) in [4.78, 5) is 27.6. The summed E-state index contributed by atoms with van der Waals surface area (Å²) in [5.74, 6) is -0.0134. The van der Waals surface area contributed by atoms with E-state index in [1.54, 1.807) is 12.3 Å². The van der Waals surface area contributed by atoms with Crippen molar-refractivity contribution < 1.29 is 14.8 Å². The van der Waals surface area contributed by atoms with Crippen LogP contribution in [-0.2, 0) is 9.59 Å². The number of amides is 2. The van der Waals surface area contributed by atoms with Crippen molar-refractivity contribution in [2.75, 3.05) is 5.43 Å². The zero-order valence-electron chi connectivity index (χ0n) is 14.5. The highest BCUT2D eigenvalue weighted by molar-refractivity contribution is 5.84. The van der Waals surface area contributed by atoms with Crippen molar-refractivity contribution in [3.05, 3.63) is 23.9 Å². The number of rotatable bonds is 6. The van der Waals surface area contributed by atoms with E-state index in [0.717, 1.165) is 31.2 Å². The average Bonchev–Trinajstić information content (AvgIpc) is 2.54. The quantitative estimate of drug-likeness (QED) is 0.421. The molecule has 24 heavy (non-hydrogen) atoms. The molecule has 7 nitrogen and oxygen atoms in total. The first-order chi connectivity index (χ1) is 11.3. The third-order valence-electron chi connectivity index (χ3n) is 4.72. The molecule has 1 aliphatic carbocycles. The second kappa shape index (κ2) is 7.61.